The van der Waals surface area contributed by atoms with Gasteiger partial charge in [0.15, 0.2) is 0 Å². The van der Waals surface area contributed by atoms with Gasteiger partial charge in [0, 0.05) is 63.4 Å². The first-order chi connectivity index (χ1) is 14.7. The summed E-state index contributed by atoms with van der Waals surface area (Å²) in [7, 11) is 0. The Hall–Kier alpha value is -2.54. The molecule has 158 valence electrons. The summed E-state index contributed by atoms with van der Waals surface area (Å²) in [4.78, 5) is 31.3. The minimum absolute atomic E-state index is 0.239. The fraction of sp³-hybridized carbons (Fsp3) is 0.565. The average Bonchev–Trinajstić information content (AvgIpc) is 3.57. The Morgan fingerprint density at radius 1 is 1.13 bits per heavy atom. The Morgan fingerprint density at radius 2 is 1.93 bits per heavy atom. The molecule has 3 aliphatic rings. The molecule has 7 heteroatoms. The number of likely N-dealkylation sites (tertiary alicyclic amines) is 1. The summed E-state index contributed by atoms with van der Waals surface area (Å²) in [6.45, 7) is 5.21. The van der Waals surface area contributed by atoms with Crippen molar-refractivity contribution < 1.29 is 4.79 Å². The van der Waals surface area contributed by atoms with Gasteiger partial charge in [-0.25, -0.2) is 9.97 Å². The second-order valence-electron chi connectivity index (χ2n) is 9.13. The van der Waals surface area contributed by atoms with Crippen molar-refractivity contribution in [3.8, 4) is 0 Å². The van der Waals surface area contributed by atoms with E-state index in [0.29, 0.717) is 12.5 Å². The van der Waals surface area contributed by atoms with E-state index < -0.39 is 0 Å². The van der Waals surface area contributed by atoms with E-state index in [0.717, 1.165) is 51.5 Å². The van der Waals surface area contributed by atoms with Gasteiger partial charge in [-0.15, -0.1) is 0 Å². The van der Waals surface area contributed by atoms with Crippen LogP contribution < -0.4 is 10.2 Å². The Bertz CT molecular complexity index is 859. The van der Waals surface area contributed by atoms with Crippen LogP contribution in [0.5, 0.6) is 0 Å². The van der Waals surface area contributed by atoms with Crippen LogP contribution in [0.3, 0.4) is 0 Å². The van der Waals surface area contributed by atoms with Crippen molar-refractivity contribution in [3.05, 3.63) is 48.5 Å². The van der Waals surface area contributed by atoms with Gasteiger partial charge in [-0.05, 0) is 61.9 Å². The Balaban J connectivity index is 1.37. The van der Waals surface area contributed by atoms with Crippen molar-refractivity contribution in [2.24, 2.45) is 17.3 Å². The highest BCUT2D eigenvalue weighted by molar-refractivity contribution is 5.84. The Morgan fingerprint density at radius 3 is 2.70 bits per heavy atom. The fourth-order valence-corrected chi connectivity index (χ4v) is 5.11. The summed E-state index contributed by atoms with van der Waals surface area (Å²) in [5, 5.41) is 3.31. The van der Waals surface area contributed by atoms with Crippen molar-refractivity contribution in [2.45, 2.75) is 32.2 Å². The van der Waals surface area contributed by atoms with Crippen molar-refractivity contribution in [1.82, 2.24) is 25.2 Å². The lowest BCUT2D eigenvalue weighted by Crippen LogP contribution is -2.48. The molecule has 2 saturated heterocycles. The zero-order chi connectivity index (χ0) is 20.4. The molecule has 1 amide bonds. The molecule has 1 saturated carbocycles. The molecule has 30 heavy (non-hydrogen) atoms. The maximum atomic E-state index is 13.5. The highest BCUT2D eigenvalue weighted by Crippen LogP contribution is 2.44. The van der Waals surface area contributed by atoms with Crippen LogP contribution in [-0.2, 0) is 11.3 Å². The van der Waals surface area contributed by atoms with E-state index in [2.05, 4.69) is 42.2 Å². The van der Waals surface area contributed by atoms with Crippen LogP contribution in [0, 0.1) is 17.3 Å². The van der Waals surface area contributed by atoms with E-state index in [9.17, 15) is 4.79 Å². The van der Waals surface area contributed by atoms with Gasteiger partial charge in [-0.1, -0.05) is 0 Å². The lowest BCUT2D eigenvalue weighted by molar-refractivity contribution is -0.132. The molecule has 2 aromatic heterocycles. The molecule has 2 aliphatic heterocycles. The average molecular weight is 407 g/mol. The minimum atomic E-state index is -0.360. The molecule has 4 heterocycles. The predicted octanol–water partition coefficient (Wildman–Crippen LogP) is 2.12. The monoisotopic (exact) mass is 406 g/mol. The van der Waals surface area contributed by atoms with E-state index >= 15 is 0 Å². The van der Waals surface area contributed by atoms with Crippen LogP contribution >= 0.6 is 0 Å². The molecule has 5 rings (SSSR count). The fourth-order valence-electron chi connectivity index (χ4n) is 5.11. The van der Waals surface area contributed by atoms with E-state index in [1.807, 2.05) is 18.5 Å². The van der Waals surface area contributed by atoms with E-state index in [4.69, 9.17) is 0 Å². The number of hydrogen-bond acceptors (Lipinski definition) is 6. The third kappa shape index (κ3) is 4.03. The second kappa shape index (κ2) is 8.30. The van der Waals surface area contributed by atoms with Gasteiger partial charge in [-0.2, -0.15) is 0 Å². The number of fused-ring (bicyclic) bond motifs is 1. The minimum Gasteiger partial charge on any atom is -0.355 e. The summed E-state index contributed by atoms with van der Waals surface area (Å²) in [5.41, 5.74) is 0.915. The number of carbonyl (C=O) groups is 1. The summed E-state index contributed by atoms with van der Waals surface area (Å²) >= 11 is 0. The normalized spacial score (nSPS) is 26.8. The van der Waals surface area contributed by atoms with Gasteiger partial charge in [0.1, 0.15) is 0 Å². The number of carbonyl (C=O) groups excluding carboxylic acids is 1. The first-order valence-corrected chi connectivity index (χ1v) is 11.1. The summed E-state index contributed by atoms with van der Waals surface area (Å²) in [5.74, 6) is 1.93. The molecule has 1 N–H and O–H groups in total. The number of hydrogen-bond donors (Lipinski definition) is 1. The lowest BCUT2D eigenvalue weighted by atomic mass is 9.74. The topological polar surface area (TPSA) is 74.2 Å². The summed E-state index contributed by atoms with van der Waals surface area (Å²) in [6, 6.07) is 6.00. The van der Waals surface area contributed by atoms with Crippen LogP contribution in [0.25, 0.3) is 0 Å². The third-order valence-electron chi connectivity index (χ3n) is 6.96. The Labute approximate surface area is 177 Å². The third-order valence-corrected chi connectivity index (χ3v) is 6.96. The number of aromatic nitrogens is 3. The first kappa shape index (κ1) is 19.4. The molecular formula is C23H30N6O. The Kier molecular flexibility index (Phi) is 5.37. The van der Waals surface area contributed by atoms with Gasteiger partial charge in [-0.3, -0.25) is 14.7 Å². The molecule has 0 aromatic carbocycles. The van der Waals surface area contributed by atoms with Gasteiger partial charge in [0.2, 0.25) is 11.9 Å². The van der Waals surface area contributed by atoms with Crippen molar-refractivity contribution >= 4 is 11.9 Å². The number of nitrogens with one attached hydrogen (secondary N) is 1. The summed E-state index contributed by atoms with van der Waals surface area (Å²) in [6.07, 6.45) is 11.7. The SMILES string of the molecule is O=C(NCC1CC1)[C@@]12CCCN(Cc3ccncc3)C[C@H]1CN(c1ncccn1)C2. The molecule has 7 nitrogen and oxygen atoms in total. The first-order valence-electron chi connectivity index (χ1n) is 11.1. The maximum Gasteiger partial charge on any atom is 0.228 e. The van der Waals surface area contributed by atoms with Crippen LogP contribution in [0.15, 0.2) is 43.0 Å². The van der Waals surface area contributed by atoms with E-state index in [1.54, 1.807) is 12.4 Å². The highest BCUT2D eigenvalue weighted by atomic mass is 16.2. The van der Waals surface area contributed by atoms with Gasteiger partial charge in [0.25, 0.3) is 0 Å². The van der Waals surface area contributed by atoms with Crippen LogP contribution in [0.1, 0.15) is 31.2 Å². The number of rotatable bonds is 6. The van der Waals surface area contributed by atoms with Crippen molar-refractivity contribution in [1.29, 1.82) is 0 Å². The molecule has 3 fully saturated rings. The number of pyridine rings is 1. The van der Waals surface area contributed by atoms with Gasteiger partial charge < -0.3 is 10.2 Å². The van der Waals surface area contributed by atoms with Crippen LogP contribution in [0.4, 0.5) is 5.95 Å². The molecule has 1 aliphatic carbocycles. The quantitative estimate of drug-likeness (QED) is 0.792. The largest absolute Gasteiger partial charge is 0.355 e. The van der Waals surface area contributed by atoms with E-state index in [1.165, 1.54) is 18.4 Å². The lowest BCUT2D eigenvalue weighted by Gasteiger charge is -2.32. The standard InChI is InChI=1S/C23H30N6O/c30-21(27-13-18-3-4-18)23-7-1-12-28(14-19-5-10-24-11-6-19)15-20(23)16-29(17-23)22-25-8-2-9-26-22/h2,5-6,8-11,18,20H,1,3-4,7,12-17H2,(H,27,30)/t20-,23+/m0/s1. The molecule has 2 atom stereocenters. The zero-order valence-electron chi connectivity index (χ0n) is 17.4. The van der Waals surface area contributed by atoms with Crippen molar-refractivity contribution in [3.63, 3.8) is 0 Å². The van der Waals surface area contributed by atoms with Crippen molar-refractivity contribution in [2.75, 3.05) is 37.6 Å². The second-order valence-corrected chi connectivity index (χ2v) is 9.13. The van der Waals surface area contributed by atoms with Gasteiger partial charge in [0.05, 0.1) is 5.41 Å². The molecule has 2 aromatic rings. The number of amides is 1. The maximum absolute atomic E-state index is 13.5. The molecular weight excluding hydrogens is 376 g/mol. The number of anilines is 1. The van der Waals surface area contributed by atoms with Crippen LogP contribution in [0.2, 0.25) is 0 Å². The van der Waals surface area contributed by atoms with Gasteiger partial charge >= 0.3 is 0 Å². The molecule has 0 radical (unpaired) electrons. The molecule has 0 unspecified atom stereocenters. The smallest absolute Gasteiger partial charge is 0.228 e. The summed E-state index contributed by atoms with van der Waals surface area (Å²) < 4.78 is 0. The number of nitrogens with zero attached hydrogens (tertiary/aromatic N) is 5. The predicted molar refractivity (Wildman–Crippen MR) is 115 cm³/mol. The van der Waals surface area contributed by atoms with E-state index in [-0.39, 0.29) is 17.2 Å². The molecule has 0 bridgehead atoms. The molecule has 0 spiro atoms. The zero-order valence-corrected chi connectivity index (χ0v) is 17.4. The highest BCUT2D eigenvalue weighted by Gasteiger charge is 2.53. The van der Waals surface area contributed by atoms with Crippen LogP contribution in [-0.4, -0.2) is 58.5 Å².